The fourth-order valence-corrected chi connectivity index (χ4v) is 5.21. The van der Waals surface area contributed by atoms with Crippen LogP contribution in [0.3, 0.4) is 0 Å². The Balaban J connectivity index is 1.92. The summed E-state index contributed by atoms with van der Waals surface area (Å²) in [6.45, 7) is 0. The minimum atomic E-state index is -1.31. The number of methoxy groups -OCH3 is 2. The van der Waals surface area contributed by atoms with Crippen molar-refractivity contribution >= 4 is 67.1 Å². The van der Waals surface area contributed by atoms with Crippen LogP contribution in [0.4, 0.5) is 10.1 Å². The number of allylic oxidation sites excluding steroid dienone is 1. The van der Waals surface area contributed by atoms with Crippen LogP contribution in [0.5, 0.6) is 5.75 Å². The molecule has 0 spiro atoms. The highest BCUT2D eigenvalue weighted by Gasteiger charge is 2.44. The van der Waals surface area contributed by atoms with E-state index in [0.717, 1.165) is 18.9 Å². The number of benzene rings is 2. The average Bonchev–Trinajstić information content (AvgIpc) is 2.83. The van der Waals surface area contributed by atoms with Crippen molar-refractivity contribution in [1.82, 2.24) is 5.32 Å². The topological polar surface area (TPSA) is 118 Å². The number of ether oxygens (including phenoxy) is 2. The second-order valence-electron chi connectivity index (χ2n) is 7.18. The largest absolute Gasteiger partial charge is 0.496 e. The molecule has 0 bridgehead atoms. The van der Waals surface area contributed by atoms with E-state index in [2.05, 4.69) is 48.6 Å². The van der Waals surface area contributed by atoms with Gasteiger partial charge in [-0.3, -0.25) is 14.4 Å². The smallest absolute Gasteiger partial charge is 0.319 e. The van der Waals surface area contributed by atoms with Gasteiger partial charge in [0.1, 0.15) is 17.5 Å². The van der Waals surface area contributed by atoms with E-state index >= 15 is 0 Å². The van der Waals surface area contributed by atoms with Crippen LogP contribution in [0.15, 0.2) is 55.9 Å². The van der Waals surface area contributed by atoms with Crippen molar-refractivity contribution in [3.63, 3.8) is 0 Å². The van der Waals surface area contributed by atoms with E-state index in [-0.39, 0.29) is 22.0 Å². The zero-order valence-corrected chi connectivity index (χ0v) is 22.3. The number of carbonyl (C=O) groups is 3. The van der Waals surface area contributed by atoms with Crippen molar-refractivity contribution in [1.29, 1.82) is 5.26 Å². The summed E-state index contributed by atoms with van der Waals surface area (Å²) in [6.07, 6.45) is 0. The van der Waals surface area contributed by atoms with Gasteiger partial charge in [0.05, 0.1) is 46.8 Å². The van der Waals surface area contributed by atoms with Gasteiger partial charge in [0.25, 0.3) is 0 Å². The SMILES string of the molecule is COC(=O)[C@@H]1C(=O)NC(SCC(=O)Nc2ccc(Br)cc2F)=C(C#N)[C@H]1c1ccc(OC)c(Br)c1. The average molecular weight is 627 g/mol. The molecule has 0 radical (unpaired) electrons. The Morgan fingerprint density at radius 1 is 1.23 bits per heavy atom. The molecule has 1 aliphatic rings. The highest BCUT2D eigenvalue weighted by Crippen LogP contribution is 2.42. The maximum Gasteiger partial charge on any atom is 0.319 e. The number of anilines is 1. The van der Waals surface area contributed by atoms with E-state index in [1.807, 2.05) is 0 Å². The third-order valence-corrected chi connectivity index (χ3v) is 7.20. The first kappa shape index (κ1) is 26.7. The van der Waals surface area contributed by atoms with E-state index in [1.54, 1.807) is 24.3 Å². The van der Waals surface area contributed by atoms with Gasteiger partial charge in [-0.2, -0.15) is 5.26 Å². The lowest BCUT2D eigenvalue weighted by molar-refractivity contribution is -0.150. The van der Waals surface area contributed by atoms with E-state index in [1.165, 1.54) is 19.2 Å². The first-order valence-electron chi connectivity index (χ1n) is 9.94. The fourth-order valence-electron chi connectivity index (χ4n) is 3.47. The highest BCUT2D eigenvalue weighted by molar-refractivity contribution is 9.10. The van der Waals surface area contributed by atoms with Crippen LogP contribution >= 0.6 is 43.6 Å². The second-order valence-corrected chi connectivity index (χ2v) is 9.93. The molecular formula is C23H18Br2FN3O5S. The van der Waals surface area contributed by atoms with Crippen LogP contribution in [0.1, 0.15) is 11.5 Å². The maximum absolute atomic E-state index is 14.0. The zero-order valence-electron chi connectivity index (χ0n) is 18.4. The number of amides is 2. The van der Waals surface area contributed by atoms with Crippen molar-refractivity contribution < 1.29 is 28.2 Å². The summed E-state index contributed by atoms with van der Waals surface area (Å²) in [6, 6.07) is 11.2. The van der Waals surface area contributed by atoms with Gasteiger partial charge < -0.3 is 20.1 Å². The summed E-state index contributed by atoms with van der Waals surface area (Å²) in [5.41, 5.74) is 0.580. The van der Waals surface area contributed by atoms with Crippen LogP contribution in [-0.2, 0) is 19.1 Å². The van der Waals surface area contributed by atoms with Crippen molar-refractivity contribution in [2.45, 2.75) is 5.92 Å². The Morgan fingerprint density at radius 2 is 1.97 bits per heavy atom. The Labute approximate surface area is 221 Å². The van der Waals surface area contributed by atoms with Crippen LogP contribution in [0.25, 0.3) is 0 Å². The molecule has 0 aliphatic carbocycles. The number of esters is 1. The molecule has 3 rings (SSSR count). The molecule has 0 aromatic heterocycles. The second kappa shape index (κ2) is 11.7. The molecule has 0 saturated carbocycles. The van der Waals surface area contributed by atoms with E-state index in [0.29, 0.717) is 20.3 Å². The summed E-state index contributed by atoms with van der Waals surface area (Å²) in [4.78, 5) is 37.8. The summed E-state index contributed by atoms with van der Waals surface area (Å²) in [5.74, 6) is -4.62. The summed E-state index contributed by atoms with van der Waals surface area (Å²) < 4.78 is 25.2. The number of thioether (sulfide) groups is 1. The van der Waals surface area contributed by atoms with Gasteiger partial charge in [0, 0.05) is 10.4 Å². The van der Waals surface area contributed by atoms with Crippen LogP contribution in [-0.4, -0.2) is 37.8 Å². The molecule has 2 atom stereocenters. The molecule has 2 aromatic carbocycles. The predicted molar refractivity (Wildman–Crippen MR) is 135 cm³/mol. The normalized spacial score (nSPS) is 17.3. The molecule has 1 aliphatic heterocycles. The van der Waals surface area contributed by atoms with Crippen LogP contribution in [0, 0.1) is 23.1 Å². The quantitative estimate of drug-likeness (QED) is 0.344. The van der Waals surface area contributed by atoms with Gasteiger partial charge in [-0.15, -0.1) is 0 Å². The predicted octanol–water partition coefficient (Wildman–Crippen LogP) is 4.47. The minimum absolute atomic E-state index is 0.00678. The van der Waals surface area contributed by atoms with E-state index < -0.39 is 35.4 Å². The fraction of sp³-hybridized carbons (Fsp3) is 0.217. The summed E-state index contributed by atoms with van der Waals surface area (Å²) >= 11 is 7.42. The van der Waals surface area contributed by atoms with Gasteiger partial charge in [0.15, 0.2) is 0 Å². The minimum Gasteiger partial charge on any atom is -0.496 e. The lowest BCUT2D eigenvalue weighted by atomic mass is 9.78. The third kappa shape index (κ3) is 6.04. The highest BCUT2D eigenvalue weighted by atomic mass is 79.9. The van der Waals surface area contributed by atoms with Crippen molar-refractivity contribution in [3.05, 3.63) is 67.3 Å². The Bertz CT molecular complexity index is 1260. The molecule has 2 N–H and O–H groups in total. The monoisotopic (exact) mass is 625 g/mol. The lowest BCUT2D eigenvalue weighted by Crippen LogP contribution is -2.44. The van der Waals surface area contributed by atoms with Crippen LogP contribution in [0.2, 0.25) is 0 Å². The van der Waals surface area contributed by atoms with E-state index in [9.17, 15) is 24.0 Å². The molecule has 1 heterocycles. The Kier molecular flexibility index (Phi) is 8.93. The molecule has 2 amide bonds. The molecule has 12 heteroatoms. The van der Waals surface area contributed by atoms with Gasteiger partial charge in [0.2, 0.25) is 11.8 Å². The van der Waals surface area contributed by atoms with Crippen molar-refractivity contribution in [2.75, 3.05) is 25.3 Å². The third-order valence-electron chi connectivity index (χ3n) is 5.07. The molecule has 0 unspecified atom stereocenters. The zero-order chi connectivity index (χ0) is 25.7. The number of nitrogens with zero attached hydrogens (tertiary/aromatic N) is 1. The Morgan fingerprint density at radius 3 is 2.57 bits per heavy atom. The summed E-state index contributed by atoms with van der Waals surface area (Å²) in [5, 5.41) is 15.1. The first-order valence-corrected chi connectivity index (χ1v) is 12.5. The summed E-state index contributed by atoms with van der Waals surface area (Å²) in [7, 11) is 2.65. The van der Waals surface area contributed by atoms with Gasteiger partial charge in [-0.25, -0.2) is 4.39 Å². The molecular weight excluding hydrogens is 609 g/mol. The van der Waals surface area contributed by atoms with Gasteiger partial charge in [-0.05, 0) is 51.8 Å². The van der Waals surface area contributed by atoms with Gasteiger partial charge >= 0.3 is 5.97 Å². The Hall–Kier alpha value is -2.88. The molecule has 182 valence electrons. The molecule has 8 nitrogen and oxygen atoms in total. The number of nitrogens with one attached hydrogen (secondary N) is 2. The standard InChI is InChI=1S/C23H18Br2FN3O5S/c1-33-17-6-3-11(7-14(17)25)19-13(9-27)22(29-21(31)20(19)23(32)34-2)35-10-18(30)28-16-5-4-12(24)8-15(16)26/h3-8,19-20H,10H2,1-2H3,(H,28,30)(H,29,31)/t19-,20+/m1/s1. The molecule has 0 fully saturated rings. The number of hydrogen-bond donors (Lipinski definition) is 2. The number of halogens is 3. The maximum atomic E-state index is 14.0. The number of hydrogen-bond acceptors (Lipinski definition) is 7. The van der Waals surface area contributed by atoms with Crippen molar-refractivity contribution in [3.8, 4) is 11.8 Å². The number of nitriles is 1. The lowest BCUT2D eigenvalue weighted by Gasteiger charge is -2.31. The number of rotatable bonds is 7. The number of carbonyl (C=O) groups excluding carboxylic acids is 3. The first-order chi connectivity index (χ1) is 16.7. The van der Waals surface area contributed by atoms with E-state index in [4.69, 9.17) is 9.47 Å². The van der Waals surface area contributed by atoms with Gasteiger partial charge in [-0.1, -0.05) is 33.8 Å². The molecule has 35 heavy (non-hydrogen) atoms. The van der Waals surface area contributed by atoms with Crippen molar-refractivity contribution in [2.24, 2.45) is 5.92 Å². The van der Waals surface area contributed by atoms with Crippen LogP contribution < -0.4 is 15.4 Å². The molecule has 2 aromatic rings. The molecule has 0 saturated heterocycles.